The number of hydrogen-bond acceptors (Lipinski definition) is 5. The van der Waals surface area contributed by atoms with Crippen LogP contribution in [0.5, 0.6) is 0 Å². The van der Waals surface area contributed by atoms with E-state index in [1.807, 2.05) is 12.1 Å². The first kappa shape index (κ1) is 13.5. The highest BCUT2D eigenvalue weighted by atomic mass is 16.3. The summed E-state index contributed by atoms with van der Waals surface area (Å²) in [5.74, 6) is 0.977. The van der Waals surface area contributed by atoms with E-state index in [0.29, 0.717) is 0 Å². The zero-order chi connectivity index (χ0) is 14.9. The Hall–Kier alpha value is -2.18. The van der Waals surface area contributed by atoms with Gasteiger partial charge >= 0.3 is 0 Å². The maximum atomic E-state index is 9.04. The summed E-state index contributed by atoms with van der Waals surface area (Å²) in [4.78, 5) is 17.0. The van der Waals surface area contributed by atoms with E-state index >= 15 is 0 Å². The lowest BCUT2D eigenvalue weighted by molar-refractivity contribution is 0.188. The van der Waals surface area contributed by atoms with Crippen molar-refractivity contribution in [1.82, 2.24) is 19.9 Å². The molecule has 4 rings (SSSR count). The molecule has 22 heavy (non-hydrogen) atoms. The molecule has 0 radical (unpaired) electrons. The molecule has 3 aromatic rings. The van der Waals surface area contributed by atoms with E-state index in [9.17, 15) is 0 Å². The van der Waals surface area contributed by atoms with Crippen molar-refractivity contribution < 1.29 is 5.11 Å². The number of nitrogens with zero attached hydrogens (tertiary/aromatic N) is 4. The van der Waals surface area contributed by atoms with Crippen molar-refractivity contribution in [1.29, 1.82) is 0 Å². The fourth-order valence-corrected chi connectivity index (χ4v) is 3.19. The number of H-pyrrole nitrogens is 1. The van der Waals surface area contributed by atoms with Crippen molar-refractivity contribution in [2.75, 3.05) is 44.2 Å². The monoisotopic (exact) mass is 297 g/mol. The van der Waals surface area contributed by atoms with Crippen LogP contribution in [-0.4, -0.2) is 64.3 Å². The highest BCUT2D eigenvalue weighted by molar-refractivity contribution is 6.08. The molecular weight excluding hydrogens is 278 g/mol. The summed E-state index contributed by atoms with van der Waals surface area (Å²) in [6.45, 7) is 4.71. The van der Waals surface area contributed by atoms with Crippen LogP contribution in [0, 0.1) is 0 Å². The summed E-state index contributed by atoms with van der Waals surface area (Å²) in [6, 6.07) is 8.22. The molecule has 1 fully saturated rings. The predicted octanol–water partition coefficient (Wildman–Crippen LogP) is 1.23. The summed E-state index contributed by atoms with van der Waals surface area (Å²) in [6.07, 6.45) is 1.65. The molecule has 0 saturated carbocycles. The zero-order valence-corrected chi connectivity index (χ0v) is 12.4. The van der Waals surface area contributed by atoms with Crippen LogP contribution in [0.25, 0.3) is 21.9 Å². The number of nitrogens with one attached hydrogen (secondary N) is 1. The molecule has 0 aliphatic carbocycles. The Balaban J connectivity index is 1.70. The van der Waals surface area contributed by atoms with Crippen LogP contribution in [0.15, 0.2) is 30.6 Å². The fraction of sp³-hybridized carbons (Fsp3) is 0.375. The van der Waals surface area contributed by atoms with E-state index in [1.165, 1.54) is 0 Å². The summed E-state index contributed by atoms with van der Waals surface area (Å²) in [5.41, 5.74) is 3.09. The third-order valence-corrected chi connectivity index (χ3v) is 4.36. The van der Waals surface area contributed by atoms with Gasteiger partial charge in [-0.2, -0.15) is 0 Å². The van der Waals surface area contributed by atoms with Crippen LogP contribution in [0.3, 0.4) is 0 Å². The van der Waals surface area contributed by atoms with Gasteiger partial charge in [0.05, 0.1) is 6.61 Å². The number of piperazine rings is 1. The molecule has 6 nitrogen and oxygen atoms in total. The number of fused-ring (bicyclic) bond motifs is 3. The Bertz CT molecular complexity index is 791. The summed E-state index contributed by atoms with van der Waals surface area (Å²) >= 11 is 0. The second-order valence-electron chi connectivity index (χ2n) is 5.64. The molecule has 0 unspecified atom stereocenters. The van der Waals surface area contributed by atoms with Crippen molar-refractivity contribution in [3.63, 3.8) is 0 Å². The van der Waals surface area contributed by atoms with E-state index in [4.69, 9.17) is 5.11 Å². The number of hydrogen-bond donors (Lipinski definition) is 2. The Labute approximate surface area is 128 Å². The number of aliphatic hydroxyl groups excluding tert-OH is 1. The maximum absolute atomic E-state index is 9.04. The van der Waals surface area contributed by atoms with Gasteiger partial charge < -0.3 is 15.0 Å². The van der Waals surface area contributed by atoms with Crippen molar-refractivity contribution in [2.45, 2.75) is 0 Å². The average molecular weight is 297 g/mol. The molecule has 6 heteroatoms. The Kier molecular flexibility index (Phi) is 3.40. The molecule has 2 aromatic heterocycles. The first-order valence-electron chi connectivity index (χ1n) is 7.66. The van der Waals surface area contributed by atoms with Gasteiger partial charge in [0.25, 0.3) is 0 Å². The fourth-order valence-electron chi connectivity index (χ4n) is 3.19. The molecule has 114 valence electrons. The van der Waals surface area contributed by atoms with Crippen molar-refractivity contribution >= 4 is 27.8 Å². The molecule has 1 aliphatic heterocycles. The highest BCUT2D eigenvalue weighted by Gasteiger charge is 2.20. The van der Waals surface area contributed by atoms with Crippen molar-refractivity contribution in [2.24, 2.45) is 0 Å². The third-order valence-electron chi connectivity index (χ3n) is 4.36. The van der Waals surface area contributed by atoms with Crippen LogP contribution in [0.1, 0.15) is 0 Å². The number of aromatic nitrogens is 3. The zero-order valence-electron chi connectivity index (χ0n) is 12.4. The Morgan fingerprint density at radius 2 is 1.91 bits per heavy atom. The van der Waals surface area contributed by atoms with Gasteiger partial charge in [-0.05, 0) is 6.07 Å². The summed E-state index contributed by atoms with van der Waals surface area (Å²) in [7, 11) is 0. The van der Waals surface area contributed by atoms with Crippen LogP contribution in [0.2, 0.25) is 0 Å². The van der Waals surface area contributed by atoms with E-state index in [-0.39, 0.29) is 6.61 Å². The molecule has 0 atom stereocenters. The van der Waals surface area contributed by atoms with Gasteiger partial charge in [0.1, 0.15) is 17.4 Å². The van der Waals surface area contributed by atoms with Gasteiger partial charge in [0.2, 0.25) is 0 Å². The van der Waals surface area contributed by atoms with Crippen LogP contribution < -0.4 is 4.90 Å². The molecular formula is C16H19N5O. The predicted molar refractivity (Wildman–Crippen MR) is 87.1 cm³/mol. The number of aromatic amines is 1. The molecule has 1 aromatic carbocycles. The van der Waals surface area contributed by atoms with Gasteiger partial charge in [-0.3, -0.25) is 4.90 Å². The van der Waals surface area contributed by atoms with Gasteiger partial charge in [0.15, 0.2) is 5.82 Å². The lowest BCUT2D eigenvalue weighted by atomic mass is 10.2. The van der Waals surface area contributed by atoms with Gasteiger partial charge in [-0.1, -0.05) is 18.2 Å². The summed E-state index contributed by atoms with van der Waals surface area (Å²) in [5, 5.41) is 10.2. The Morgan fingerprint density at radius 1 is 1.09 bits per heavy atom. The smallest absolute Gasteiger partial charge is 0.156 e. The number of rotatable bonds is 3. The largest absolute Gasteiger partial charge is 0.395 e. The van der Waals surface area contributed by atoms with E-state index in [0.717, 1.165) is 60.5 Å². The second kappa shape index (κ2) is 5.55. The first-order chi connectivity index (χ1) is 10.9. The van der Waals surface area contributed by atoms with Gasteiger partial charge in [0, 0.05) is 43.6 Å². The number of β-amino-alcohol motifs (C(OH)–C–C–N with tert-alkyl or cyclic N) is 1. The normalized spacial score (nSPS) is 16.7. The topological polar surface area (TPSA) is 68.3 Å². The first-order valence-corrected chi connectivity index (χ1v) is 7.66. The molecule has 0 bridgehead atoms. The van der Waals surface area contributed by atoms with E-state index in [2.05, 4.69) is 36.9 Å². The minimum absolute atomic E-state index is 0.222. The van der Waals surface area contributed by atoms with E-state index in [1.54, 1.807) is 6.33 Å². The highest BCUT2D eigenvalue weighted by Crippen LogP contribution is 2.29. The van der Waals surface area contributed by atoms with Crippen LogP contribution in [-0.2, 0) is 0 Å². The van der Waals surface area contributed by atoms with E-state index < -0.39 is 0 Å². The standard InChI is InChI=1S/C16H19N5O/c22-10-9-20-5-7-21(8-6-20)16-15-14(17-11-18-16)12-3-1-2-4-13(12)19-15/h1-4,11,19,22H,5-10H2. The lowest BCUT2D eigenvalue weighted by Gasteiger charge is -2.35. The molecule has 1 saturated heterocycles. The molecule has 1 aliphatic rings. The maximum Gasteiger partial charge on any atom is 0.156 e. The number of benzene rings is 1. The van der Waals surface area contributed by atoms with Crippen LogP contribution in [0.4, 0.5) is 5.82 Å². The van der Waals surface area contributed by atoms with Gasteiger partial charge in [-0.15, -0.1) is 0 Å². The van der Waals surface area contributed by atoms with Crippen LogP contribution >= 0.6 is 0 Å². The second-order valence-corrected chi connectivity index (χ2v) is 5.64. The molecule has 0 amide bonds. The van der Waals surface area contributed by atoms with Crippen molar-refractivity contribution in [3.8, 4) is 0 Å². The summed E-state index contributed by atoms with van der Waals surface area (Å²) < 4.78 is 0. The quantitative estimate of drug-likeness (QED) is 0.761. The minimum Gasteiger partial charge on any atom is -0.395 e. The Morgan fingerprint density at radius 3 is 2.73 bits per heavy atom. The average Bonchev–Trinajstić information content (AvgIpc) is 2.95. The molecule has 0 spiro atoms. The molecule has 3 heterocycles. The lowest BCUT2D eigenvalue weighted by Crippen LogP contribution is -2.47. The SMILES string of the molecule is OCCN1CCN(c2ncnc3c2[nH]c2ccccc23)CC1. The number of para-hydroxylation sites is 1. The third kappa shape index (κ3) is 2.20. The van der Waals surface area contributed by atoms with Crippen molar-refractivity contribution in [3.05, 3.63) is 30.6 Å². The van der Waals surface area contributed by atoms with Gasteiger partial charge in [-0.25, -0.2) is 9.97 Å². The number of anilines is 1. The minimum atomic E-state index is 0.222. The molecule has 2 N–H and O–H groups in total. The number of aliphatic hydroxyl groups is 1.